The smallest absolute Gasteiger partial charge is 0.490 e. The summed E-state index contributed by atoms with van der Waals surface area (Å²) in [4.78, 5) is 1.82. The highest BCUT2D eigenvalue weighted by Crippen LogP contribution is 2.27. The van der Waals surface area contributed by atoms with E-state index in [2.05, 4.69) is 5.32 Å². The lowest BCUT2D eigenvalue weighted by atomic mass is 10.1. The van der Waals surface area contributed by atoms with E-state index in [1.165, 1.54) is 66.7 Å². The van der Waals surface area contributed by atoms with Gasteiger partial charge in [-0.3, -0.25) is 9.48 Å². The largest absolute Gasteiger partial charge is 0.864 e. The third-order valence-corrected chi connectivity index (χ3v) is 4.35. The molecule has 0 saturated heterocycles. The molecule has 1 N–H and O–H groups in total. The van der Waals surface area contributed by atoms with Crippen LogP contribution in [0, 0.1) is 17.5 Å². The molecule has 0 aliphatic rings. The number of hydrogen-bond acceptors (Lipinski definition) is 3. The highest BCUT2D eigenvalue weighted by molar-refractivity contribution is 6.39. The molecule has 0 atom stereocenters. The minimum atomic E-state index is -1.35. The molecule has 0 radical (unpaired) electrons. The number of rotatable bonds is 7. The van der Waals surface area contributed by atoms with Gasteiger partial charge in [0.15, 0.2) is 0 Å². The predicted octanol–water partition coefficient (Wildman–Crippen LogP) is 4.23. The normalized spacial score (nSPS) is 10.3. The van der Waals surface area contributed by atoms with Crippen LogP contribution < -0.4 is 19.3 Å². The third-order valence-electron chi connectivity index (χ3n) is 4.35. The number of halogens is 3. The molecule has 6 nitrogen and oxygen atoms in total. The molecule has 0 saturated carbocycles. The van der Waals surface area contributed by atoms with Crippen molar-refractivity contribution in [2.75, 3.05) is 33.5 Å². The van der Waals surface area contributed by atoms with Crippen molar-refractivity contribution in [3.05, 3.63) is 84.2 Å². The Hall–Kier alpha value is -3.82. The number of anilines is 1. The Morgan fingerprint density at radius 1 is 0.758 bits per heavy atom. The Bertz CT molecular complexity index is 1060. The number of benzene rings is 3. The fraction of sp³-hybridized carbons (Fsp3) is 0.174. The molecular weight excluding hydrogens is 434 g/mol. The van der Waals surface area contributed by atoms with Gasteiger partial charge in [0.2, 0.25) is 0 Å². The van der Waals surface area contributed by atoms with Crippen molar-refractivity contribution in [2.45, 2.75) is 0 Å². The topological polar surface area (TPSA) is 46.0 Å². The first-order chi connectivity index (χ1) is 15.7. The average molecular weight is 458 g/mol. The fourth-order valence-corrected chi connectivity index (χ4v) is 2.87. The van der Waals surface area contributed by atoms with Crippen molar-refractivity contribution < 1.29 is 31.7 Å². The third kappa shape index (κ3) is 6.83. The van der Waals surface area contributed by atoms with Crippen LogP contribution in [0.2, 0.25) is 0 Å². The molecule has 10 heteroatoms. The molecule has 0 aromatic heterocycles. The van der Waals surface area contributed by atoms with E-state index in [0.717, 1.165) is 0 Å². The van der Waals surface area contributed by atoms with Gasteiger partial charge >= 0.3 is 13.3 Å². The summed E-state index contributed by atoms with van der Waals surface area (Å²) in [5, 5.41) is 3.13. The summed E-state index contributed by atoms with van der Waals surface area (Å²) in [5.41, 5.74) is 0.322. The van der Waals surface area contributed by atoms with Gasteiger partial charge < -0.3 is 14.0 Å². The standard InChI is InChI=1S/C23H23BF3N3O3/c1-29(2)23(30(3)4)28-21-15-18(27)9-14-22(21)33-24(31-19-10-5-16(25)6-11-19)32-20-12-7-17(26)8-13-20/h5-15H,1-4H3/p+1. The van der Waals surface area contributed by atoms with Gasteiger partial charge in [-0.2, -0.15) is 0 Å². The molecule has 0 aliphatic heterocycles. The summed E-state index contributed by atoms with van der Waals surface area (Å²) >= 11 is 0. The zero-order valence-electron chi connectivity index (χ0n) is 18.7. The van der Waals surface area contributed by atoms with Gasteiger partial charge in [0, 0.05) is 6.07 Å². The van der Waals surface area contributed by atoms with Gasteiger partial charge in [-0.15, -0.1) is 0 Å². The summed E-state index contributed by atoms with van der Waals surface area (Å²) in [6.45, 7) is 0. The second-order valence-electron chi connectivity index (χ2n) is 7.43. The first kappa shape index (κ1) is 23.8. The number of nitrogens with zero attached hydrogens (tertiary/aromatic N) is 2. The zero-order valence-corrected chi connectivity index (χ0v) is 18.7. The Morgan fingerprint density at radius 2 is 1.24 bits per heavy atom. The van der Waals surface area contributed by atoms with E-state index >= 15 is 0 Å². The molecule has 3 aromatic rings. The van der Waals surface area contributed by atoms with E-state index in [9.17, 15) is 13.2 Å². The first-order valence-corrected chi connectivity index (χ1v) is 10.0. The molecule has 0 bridgehead atoms. The van der Waals surface area contributed by atoms with Crippen LogP contribution in [-0.2, 0) is 0 Å². The minimum Gasteiger partial charge on any atom is -0.490 e. The lowest BCUT2D eigenvalue weighted by Gasteiger charge is -2.19. The lowest BCUT2D eigenvalue weighted by Crippen LogP contribution is -2.38. The van der Waals surface area contributed by atoms with Crippen LogP contribution >= 0.6 is 0 Å². The van der Waals surface area contributed by atoms with Gasteiger partial charge in [0.25, 0.3) is 0 Å². The van der Waals surface area contributed by atoms with Crippen LogP contribution in [0.5, 0.6) is 17.2 Å². The monoisotopic (exact) mass is 458 g/mol. The Morgan fingerprint density at radius 3 is 1.70 bits per heavy atom. The van der Waals surface area contributed by atoms with Gasteiger partial charge in [0.05, 0.1) is 28.2 Å². The molecule has 0 amide bonds. The molecule has 172 valence electrons. The predicted molar refractivity (Wildman–Crippen MR) is 121 cm³/mol. The summed E-state index contributed by atoms with van der Waals surface area (Å²) in [6.07, 6.45) is 0. The average Bonchev–Trinajstić information content (AvgIpc) is 2.76. The Balaban J connectivity index is 1.91. The summed E-state index contributed by atoms with van der Waals surface area (Å²) in [6, 6.07) is 14.5. The van der Waals surface area contributed by atoms with Crippen molar-refractivity contribution in [2.24, 2.45) is 0 Å². The molecule has 0 fully saturated rings. The molecule has 0 heterocycles. The number of hydrogen-bond donors (Lipinski definition) is 1. The van der Waals surface area contributed by atoms with E-state index < -0.39 is 24.8 Å². The Kier molecular flexibility index (Phi) is 7.71. The minimum absolute atomic E-state index is 0.229. The van der Waals surface area contributed by atoms with Crippen LogP contribution in [0.4, 0.5) is 18.9 Å². The maximum Gasteiger partial charge on any atom is 0.864 e. The van der Waals surface area contributed by atoms with E-state index in [1.807, 2.05) is 37.7 Å². The van der Waals surface area contributed by atoms with Gasteiger partial charge in [-0.1, -0.05) is 0 Å². The van der Waals surface area contributed by atoms with Crippen LogP contribution in [0.15, 0.2) is 66.7 Å². The number of guanidine groups is 1. The van der Waals surface area contributed by atoms with Gasteiger partial charge in [-0.25, -0.2) is 18.5 Å². The van der Waals surface area contributed by atoms with Crippen molar-refractivity contribution in [1.29, 1.82) is 0 Å². The molecule has 33 heavy (non-hydrogen) atoms. The molecule has 3 rings (SSSR count). The van der Waals surface area contributed by atoms with Crippen LogP contribution in [0.1, 0.15) is 0 Å². The second kappa shape index (κ2) is 10.7. The van der Waals surface area contributed by atoms with Crippen molar-refractivity contribution in [3.63, 3.8) is 0 Å². The van der Waals surface area contributed by atoms with Gasteiger partial charge in [-0.05, 0) is 60.7 Å². The maximum atomic E-state index is 14.0. The molecule has 3 aromatic carbocycles. The van der Waals surface area contributed by atoms with E-state index in [1.54, 1.807) is 0 Å². The lowest BCUT2D eigenvalue weighted by molar-refractivity contribution is -0.469. The van der Waals surface area contributed by atoms with Crippen molar-refractivity contribution in [1.82, 2.24) is 4.90 Å². The van der Waals surface area contributed by atoms with E-state index in [-0.39, 0.29) is 17.2 Å². The molecule has 0 spiro atoms. The van der Waals surface area contributed by atoms with Crippen LogP contribution in [0.3, 0.4) is 0 Å². The van der Waals surface area contributed by atoms with Crippen molar-refractivity contribution >= 4 is 19.0 Å². The highest BCUT2D eigenvalue weighted by atomic mass is 19.1. The Labute approximate surface area is 191 Å². The fourth-order valence-electron chi connectivity index (χ4n) is 2.87. The number of nitrogens with one attached hydrogen (secondary N) is 1. The van der Waals surface area contributed by atoms with Crippen LogP contribution in [-0.4, -0.2) is 50.9 Å². The quantitative estimate of drug-likeness (QED) is 0.249. The summed E-state index contributed by atoms with van der Waals surface area (Å²) in [7, 11) is 5.98. The molecular formula is C23H24BF3N3O3+. The maximum absolute atomic E-state index is 14.0. The van der Waals surface area contributed by atoms with Gasteiger partial charge in [0.1, 0.15) is 40.4 Å². The second-order valence-corrected chi connectivity index (χ2v) is 7.43. The first-order valence-electron chi connectivity index (χ1n) is 10.0. The van der Waals surface area contributed by atoms with E-state index in [0.29, 0.717) is 11.6 Å². The van der Waals surface area contributed by atoms with Crippen LogP contribution in [0.25, 0.3) is 0 Å². The van der Waals surface area contributed by atoms with E-state index in [4.69, 9.17) is 14.0 Å². The molecule has 0 unspecified atom stereocenters. The zero-order chi connectivity index (χ0) is 24.0. The summed E-state index contributed by atoms with van der Waals surface area (Å²) in [5.74, 6) is 0.104. The molecule has 0 aliphatic carbocycles. The summed E-state index contributed by atoms with van der Waals surface area (Å²) < 4.78 is 59.8. The van der Waals surface area contributed by atoms with Crippen molar-refractivity contribution in [3.8, 4) is 17.2 Å². The SMILES string of the molecule is CN(C)C(Nc1cc(F)ccc1OB(Oc1ccc(F)cc1)Oc1ccc(F)cc1)=[N+](C)C. The highest BCUT2D eigenvalue weighted by Gasteiger charge is 2.32.